The Labute approximate surface area is 127 Å². The van der Waals surface area contributed by atoms with E-state index in [1.165, 1.54) is 0 Å². The number of nitrogens with one attached hydrogen (secondary N) is 2. The lowest BCUT2D eigenvalue weighted by molar-refractivity contribution is 0.0329. The molecule has 2 rings (SSSR count). The first-order valence-corrected chi connectivity index (χ1v) is 7.80. The maximum absolute atomic E-state index is 6.07. The standard InChI is InChI=1S/C13H19BrClN3O/c14-10-8-12(15)13(18-9-10)17-4-1-7-19-11-2-5-16-6-3-11/h8-9,11,16H,1-7H2,(H,17,18). The summed E-state index contributed by atoms with van der Waals surface area (Å²) in [6.07, 6.45) is 5.36. The zero-order chi connectivity index (χ0) is 13.5. The molecule has 1 saturated heterocycles. The lowest BCUT2D eigenvalue weighted by Crippen LogP contribution is -2.32. The van der Waals surface area contributed by atoms with Crippen LogP contribution in [0.2, 0.25) is 5.02 Å². The predicted octanol–water partition coefficient (Wildman–Crippen LogP) is 3.07. The Kier molecular flexibility index (Phi) is 6.37. The quantitative estimate of drug-likeness (QED) is 0.776. The van der Waals surface area contributed by atoms with Gasteiger partial charge >= 0.3 is 0 Å². The molecule has 0 amide bonds. The number of aromatic nitrogens is 1. The lowest BCUT2D eigenvalue weighted by Gasteiger charge is -2.22. The minimum Gasteiger partial charge on any atom is -0.378 e. The summed E-state index contributed by atoms with van der Waals surface area (Å²) < 4.78 is 6.72. The van der Waals surface area contributed by atoms with Gasteiger partial charge in [0.2, 0.25) is 0 Å². The summed E-state index contributed by atoms with van der Waals surface area (Å²) in [7, 11) is 0. The first-order valence-electron chi connectivity index (χ1n) is 6.63. The average molecular weight is 349 g/mol. The van der Waals surface area contributed by atoms with Crippen LogP contribution >= 0.6 is 27.5 Å². The molecule has 19 heavy (non-hydrogen) atoms. The Balaban J connectivity index is 1.61. The molecule has 4 nitrogen and oxygen atoms in total. The van der Waals surface area contributed by atoms with Gasteiger partial charge in [-0.15, -0.1) is 0 Å². The first kappa shape index (κ1) is 15.0. The molecule has 0 aromatic carbocycles. The van der Waals surface area contributed by atoms with E-state index in [0.29, 0.717) is 11.1 Å². The molecule has 1 fully saturated rings. The molecule has 1 aromatic heterocycles. The van der Waals surface area contributed by atoms with Gasteiger partial charge in [0.25, 0.3) is 0 Å². The second-order valence-electron chi connectivity index (χ2n) is 4.58. The van der Waals surface area contributed by atoms with Crippen LogP contribution in [0.1, 0.15) is 19.3 Å². The predicted molar refractivity (Wildman–Crippen MR) is 81.9 cm³/mol. The van der Waals surface area contributed by atoms with Crippen molar-refractivity contribution in [2.24, 2.45) is 0 Å². The molecular weight excluding hydrogens is 330 g/mol. The third-order valence-electron chi connectivity index (χ3n) is 3.06. The number of rotatable bonds is 6. The summed E-state index contributed by atoms with van der Waals surface area (Å²) in [5.74, 6) is 0.728. The second kappa shape index (κ2) is 8.04. The Morgan fingerprint density at radius 2 is 2.26 bits per heavy atom. The van der Waals surface area contributed by atoms with Crippen molar-refractivity contribution >= 4 is 33.3 Å². The molecule has 1 aromatic rings. The highest BCUT2D eigenvalue weighted by molar-refractivity contribution is 9.10. The van der Waals surface area contributed by atoms with Gasteiger partial charge in [-0.1, -0.05) is 11.6 Å². The Morgan fingerprint density at radius 1 is 1.47 bits per heavy atom. The zero-order valence-corrected chi connectivity index (χ0v) is 13.1. The van der Waals surface area contributed by atoms with Crippen LogP contribution in [-0.2, 0) is 4.74 Å². The molecule has 2 heterocycles. The Hall–Kier alpha value is -0.360. The van der Waals surface area contributed by atoms with Gasteiger partial charge in [-0.25, -0.2) is 4.98 Å². The SMILES string of the molecule is Clc1cc(Br)cnc1NCCCOC1CCNCC1. The molecule has 0 radical (unpaired) electrons. The third kappa shape index (κ3) is 5.26. The van der Waals surface area contributed by atoms with Crippen molar-refractivity contribution in [2.75, 3.05) is 31.6 Å². The van der Waals surface area contributed by atoms with Crippen LogP contribution in [-0.4, -0.2) is 37.3 Å². The van der Waals surface area contributed by atoms with E-state index in [-0.39, 0.29) is 0 Å². The fourth-order valence-corrected chi connectivity index (χ4v) is 2.73. The van der Waals surface area contributed by atoms with Crippen molar-refractivity contribution < 1.29 is 4.74 Å². The number of halogens is 2. The van der Waals surface area contributed by atoms with Crippen LogP contribution in [0.25, 0.3) is 0 Å². The van der Waals surface area contributed by atoms with Gasteiger partial charge in [0.15, 0.2) is 0 Å². The summed E-state index contributed by atoms with van der Waals surface area (Å²) in [6.45, 7) is 3.74. The number of hydrogen-bond acceptors (Lipinski definition) is 4. The highest BCUT2D eigenvalue weighted by atomic mass is 79.9. The van der Waals surface area contributed by atoms with E-state index in [1.807, 2.05) is 6.07 Å². The number of ether oxygens (including phenoxy) is 1. The summed E-state index contributed by atoms with van der Waals surface area (Å²) in [6, 6.07) is 1.84. The van der Waals surface area contributed by atoms with E-state index in [4.69, 9.17) is 16.3 Å². The van der Waals surface area contributed by atoms with Crippen molar-refractivity contribution in [3.05, 3.63) is 21.8 Å². The van der Waals surface area contributed by atoms with Crippen LogP contribution in [0, 0.1) is 0 Å². The van der Waals surface area contributed by atoms with E-state index in [1.54, 1.807) is 6.20 Å². The molecule has 6 heteroatoms. The lowest BCUT2D eigenvalue weighted by atomic mass is 10.1. The van der Waals surface area contributed by atoms with Gasteiger partial charge < -0.3 is 15.4 Å². The van der Waals surface area contributed by atoms with Crippen LogP contribution in [0.3, 0.4) is 0 Å². The molecule has 0 unspecified atom stereocenters. The van der Waals surface area contributed by atoms with Gasteiger partial charge in [-0.2, -0.15) is 0 Å². The number of pyridine rings is 1. The minimum absolute atomic E-state index is 0.427. The molecule has 0 saturated carbocycles. The number of anilines is 1. The van der Waals surface area contributed by atoms with Crippen molar-refractivity contribution in [2.45, 2.75) is 25.4 Å². The molecule has 1 aliphatic heterocycles. The normalized spacial score (nSPS) is 16.5. The fraction of sp³-hybridized carbons (Fsp3) is 0.615. The summed E-state index contributed by atoms with van der Waals surface area (Å²) in [5.41, 5.74) is 0. The number of nitrogens with zero attached hydrogens (tertiary/aromatic N) is 1. The molecule has 1 aliphatic rings. The smallest absolute Gasteiger partial charge is 0.144 e. The van der Waals surface area contributed by atoms with Gasteiger partial charge in [0.05, 0.1) is 11.1 Å². The van der Waals surface area contributed by atoms with Crippen molar-refractivity contribution in [1.29, 1.82) is 0 Å². The zero-order valence-electron chi connectivity index (χ0n) is 10.8. The van der Waals surface area contributed by atoms with Crippen molar-refractivity contribution in [3.63, 3.8) is 0 Å². The van der Waals surface area contributed by atoms with Crippen LogP contribution in [0.5, 0.6) is 0 Å². The molecule has 0 atom stereocenters. The monoisotopic (exact) mass is 347 g/mol. The van der Waals surface area contributed by atoms with Gasteiger partial charge in [-0.05, 0) is 54.3 Å². The van der Waals surface area contributed by atoms with Crippen LogP contribution in [0.15, 0.2) is 16.7 Å². The highest BCUT2D eigenvalue weighted by Gasteiger charge is 2.12. The average Bonchev–Trinajstić information content (AvgIpc) is 2.42. The van der Waals surface area contributed by atoms with Crippen LogP contribution < -0.4 is 10.6 Å². The molecular formula is C13H19BrClN3O. The number of piperidine rings is 1. The molecule has 0 bridgehead atoms. The van der Waals surface area contributed by atoms with E-state index in [0.717, 1.165) is 55.8 Å². The first-order chi connectivity index (χ1) is 9.25. The maximum Gasteiger partial charge on any atom is 0.144 e. The topological polar surface area (TPSA) is 46.2 Å². The Morgan fingerprint density at radius 3 is 3.00 bits per heavy atom. The van der Waals surface area contributed by atoms with Crippen LogP contribution in [0.4, 0.5) is 5.82 Å². The summed E-state index contributed by atoms with van der Waals surface area (Å²) in [4.78, 5) is 4.23. The molecule has 106 valence electrons. The van der Waals surface area contributed by atoms with E-state index in [2.05, 4.69) is 31.5 Å². The fourth-order valence-electron chi connectivity index (χ4n) is 2.04. The summed E-state index contributed by atoms with van der Waals surface area (Å²) in [5, 5.41) is 7.18. The maximum atomic E-state index is 6.07. The van der Waals surface area contributed by atoms with Gasteiger partial charge in [0, 0.05) is 23.8 Å². The second-order valence-corrected chi connectivity index (χ2v) is 5.91. The van der Waals surface area contributed by atoms with E-state index >= 15 is 0 Å². The molecule has 2 N–H and O–H groups in total. The Bertz CT molecular complexity index is 399. The van der Waals surface area contributed by atoms with E-state index in [9.17, 15) is 0 Å². The number of hydrogen-bond donors (Lipinski definition) is 2. The highest BCUT2D eigenvalue weighted by Crippen LogP contribution is 2.22. The van der Waals surface area contributed by atoms with Gasteiger partial charge in [-0.3, -0.25) is 0 Å². The van der Waals surface area contributed by atoms with Crippen molar-refractivity contribution in [3.8, 4) is 0 Å². The van der Waals surface area contributed by atoms with E-state index < -0.39 is 0 Å². The largest absolute Gasteiger partial charge is 0.378 e. The minimum atomic E-state index is 0.427. The molecule has 0 spiro atoms. The third-order valence-corrected chi connectivity index (χ3v) is 3.78. The van der Waals surface area contributed by atoms with Gasteiger partial charge in [0.1, 0.15) is 5.82 Å². The van der Waals surface area contributed by atoms with Crippen molar-refractivity contribution in [1.82, 2.24) is 10.3 Å². The summed E-state index contributed by atoms with van der Waals surface area (Å²) >= 11 is 9.40. The molecule has 0 aliphatic carbocycles.